The van der Waals surface area contributed by atoms with Crippen LogP contribution in [0.25, 0.3) is 0 Å². The summed E-state index contributed by atoms with van der Waals surface area (Å²) in [5.41, 5.74) is 0. The first-order valence-corrected chi connectivity index (χ1v) is 5.24. The van der Waals surface area contributed by atoms with Crippen LogP contribution < -0.4 is 5.32 Å². The number of nitrogens with zero attached hydrogens (tertiary/aromatic N) is 4. The number of hydrogen-bond acceptors (Lipinski definition) is 5. The molecule has 2 heterocycles. The van der Waals surface area contributed by atoms with Crippen LogP contribution in [0, 0.1) is 6.92 Å². The average Bonchev–Trinajstić information content (AvgIpc) is 2.87. The van der Waals surface area contributed by atoms with Gasteiger partial charge in [0.1, 0.15) is 0 Å². The van der Waals surface area contributed by atoms with Crippen LogP contribution >= 0.6 is 0 Å². The zero-order chi connectivity index (χ0) is 11.4. The summed E-state index contributed by atoms with van der Waals surface area (Å²) in [6.07, 6.45) is 3.71. The SMILES string of the molecule is Cc1nc(CN[C@H](C)Cn2cccn2)no1. The summed E-state index contributed by atoms with van der Waals surface area (Å²) in [7, 11) is 0. The number of rotatable bonds is 5. The summed E-state index contributed by atoms with van der Waals surface area (Å²) < 4.78 is 6.77. The van der Waals surface area contributed by atoms with Crippen molar-refractivity contribution in [3.63, 3.8) is 0 Å². The highest BCUT2D eigenvalue weighted by molar-refractivity contribution is 4.84. The molecule has 0 saturated heterocycles. The average molecular weight is 221 g/mol. The van der Waals surface area contributed by atoms with Crippen LogP contribution in [-0.2, 0) is 13.1 Å². The maximum atomic E-state index is 4.88. The minimum atomic E-state index is 0.304. The Morgan fingerprint density at radius 3 is 3.06 bits per heavy atom. The van der Waals surface area contributed by atoms with Gasteiger partial charge in [0.2, 0.25) is 5.89 Å². The van der Waals surface area contributed by atoms with Gasteiger partial charge in [-0.25, -0.2) is 0 Å². The predicted octanol–water partition coefficient (Wildman–Crippen LogP) is 0.753. The van der Waals surface area contributed by atoms with Crippen molar-refractivity contribution in [2.24, 2.45) is 0 Å². The molecule has 0 amide bonds. The van der Waals surface area contributed by atoms with Gasteiger partial charge in [-0.2, -0.15) is 10.1 Å². The molecule has 0 unspecified atom stereocenters. The Kier molecular flexibility index (Phi) is 3.31. The molecule has 1 N–H and O–H groups in total. The summed E-state index contributed by atoms with van der Waals surface area (Å²) in [5, 5.41) is 11.3. The Morgan fingerprint density at radius 1 is 1.56 bits per heavy atom. The van der Waals surface area contributed by atoms with Gasteiger partial charge in [0.25, 0.3) is 0 Å². The third kappa shape index (κ3) is 2.90. The van der Waals surface area contributed by atoms with Crippen LogP contribution in [0.5, 0.6) is 0 Å². The highest BCUT2D eigenvalue weighted by Crippen LogP contribution is 1.96. The first kappa shape index (κ1) is 10.8. The minimum Gasteiger partial charge on any atom is -0.340 e. The molecule has 0 aromatic carbocycles. The molecule has 2 rings (SSSR count). The third-order valence-electron chi connectivity index (χ3n) is 2.20. The van der Waals surface area contributed by atoms with Gasteiger partial charge in [-0.05, 0) is 13.0 Å². The number of nitrogens with one attached hydrogen (secondary N) is 1. The number of aromatic nitrogens is 4. The molecular formula is C10H15N5O. The van der Waals surface area contributed by atoms with E-state index in [1.54, 1.807) is 13.1 Å². The van der Waals surface area contributed by atoms with Crippen molar-refractivity contribution in [1.29, 1.82) is 0 Å². The van der Waals surface area contributed by atoms with Gasteiger partial charge in [-0.3, -0.25) is 4.68 Å². The third-order valence-corrected chi connectivity index (χ3v) is 2.20. The highest BCUT2D eigenvalue weighted by atomic mass is 16.5. The number of hydrogen-bond donors (Lipinski definition) is 1. The standard InChI is InChI=1S/C10H15N5O/c1-8(7-15-5-3-4-12-15)11-6-10-13-9(2)16-14-10/h3-5,8,11H,6-7H2,1-2H3/t8-/m1/s1. The Morgan fingerprint density at radius 2 is 2.44 bits per heavy atom. The van der Waals surface area contributed by atoms with Crippen molar-refractivity contribution in [2.45, 2.75) is 33.0 Å². The zero-order valence-corrected chi connectivity index (χ0v) is 9.42. The van der Waals surface area contributed by atoms with E-state index in [9.17, 15) is 0 Å². The van der Waals surface area contributed by atoms with E-state index in [0.29, 0.717) is 24.3 Å². The lowest BCUT2D eigenvalue weighted by Crippen LogP contribution is -2.30. The lowest BCUT2D eigenvalue weighted by molar-refractivity contribution is 0.380. The van der Waals surface area contributed by atoms with Crippen LogP contribution in [-0.4, -0.2) is 26.0 Å². The fraction of sp³-hybridized carbons (Fsp3) is 0.500. The monoisotopic (exact) mass is 221 g/mol. The van der Waals surface area contributed by atoms with Crippen molar-refractivity contribution in [3.05, 3.63) is 30.2 Å². The topological polar surface area (TPSA) is 68.8 Å². The molecule has 0 radical (unpaired) electrons. The first-order valence-electron chi connectivity index (χ1n) is 5.24. The maximum Gasteiger partial charge on any atom is 0.223 e. The summed E-state index contributed by atoms with van der Waals surface area (Å²) in [6.45, 7) is 5.31. The molecule has 86 valence electrons. The zero-order valence-electron chi connectivity index (χ0n) is 9.42. The Bertz CT molecular complexity index is 422. The van der Waals surface area contributed by atoms with Gasteiger partial charge < -0.3 is 9.84 Å². The van der Waals surface area contributed by atoms with Crippen LogP contribution in [0.2, 0.25) is 0 Å². The molecule has 6 heteroatoms. The van der Waals surface area contributed by atoms with E-state index in [2.05, 4.69) is 27.5 Å². The van der Waals surface area contributed by atoms with Gasteiger partial charge in [-0.15, -0.1) is 0 Å². The van der Waals surface area contributed by atoms with Crippen molar-refractivity contribution in [1.82, 2.24) is 25.2 Å². The summed E-state index contributed by atoms with van der Waals surface area (Å²) >= 11 is 0. The molecule has 0 aliphatic carbocycles. The van der Waals surface area contributed by atoms with Gasteiger partial charge in [0.15, 0.2) is 5.82 Å². The second-order valence-electron chi connectivity index (χ2n) is 3.74. The highest BCUT2D eigenvalue weighted by Gasteiger charge is 2.06. The van der Waals surface area contributed by atoms with Crippen LogP contribution in [0.3, 0.4) is 0 Å². The quantitative estimate of drug-likeness (QED) is 0.807. The molecule has 2 aromatic rings. The number of aryl methyl sites for hydroxylation is 1. The molecular weight excluding hydrogens is 206 g/mol. The van der Waals surface area contributed by atoms with Gasteiger partial charge >= 0.3 is 0 Å². The van der Waals surface area contributed by atoms with E-state index < -0.39 is 0 Å². The fourth-order valence-electron chi connectivity index (χ4n) is 1.43. The predicted molar refractivity (Wildman–Crippen MR) is 57.6 cm³/mol. The lowest BCUT2D eigenvalue weighted by atomic mass is 10.3. The molecule has 2 aromatic heterocycles. The Hall–Kier alpha value is -1.69. The first-order chi connectivity index (χ1) is 7.74. The molecule has 0 bridgehead atoms. The summed E-state index contributed by atoms with van der Waals surface area (Å²) in [4.78, 5) is 4.12. The smallest absolute Gasteiger partial charge is 0.223 e. The second kappa shape index (κ2) is 4.89. The van der Waals surface area contributed by atoms with Crippen molar-refractivity contribution in [2.75, 3.05) is 0 Å². The van der Waals surface area contributed by atoms with Crippen molar-refractivity contribution >= 4 is 0 Å². The van der Waals surface area contributed by atoms with Gasteiger partial charge in [-0.1, -0.05) is 5.16 Å². The molecule has 0 spiro atoms. The largest absolute Gasteiger partial charge is 0.340 e. The van der Waals surface area contributed by atoms with E-state index in [4.69, 9.17) is 4.52 Å². The molecule has 16 heavy (non-hydrogen) atoms. The van der Waals surface area contributed by atoms with Crippen LogP contribution in [0.1, 0.15) is 18.6 Å². The minimum absolute atomic E-state index is 0.304. The Balaban J connectivity index is 1.77. The molecule has 0 aliphatic rings. The molecule has 0 fully saturated rings. The van der Waals surface area contributed by atoms with Crippen LogP contribution in [0.4, 0.5) is 0 Å². The second-order valence-corrected chi connectivity index (χ2v) is 3.74. The molecule has 0 aliphatic heterocycles. The van der Waals surface area contributed by atoms with Gasteiger partial charge in [0, 0.05) is 25.4 Å². The van der Waals surface area contributed by atoms with E-state index in [1.807, 2.05) is 16.9 Å². The van der Waals surface area contributed by atoms with Gasteiger partial charge in [0.05, 0.1) is 13.1 Å². The van der Waals surface area contributed by atoms with Crippen molar-refractivity contribution < 1.29 is 4.52 Å². The Labute approximate surface area is 93.7 Å². The summed E-state index contributed by atoms with van der Waals surface area (Å²) in [6, 6.07) is 2.22. The molecule has 6 nitrogen and oxygen atoms in total. The normalized spacial score (nSPS) is 12.9. The summed E-state index contributed by atoms with van der Waals surface area (Å²) in [5.74, 6) is 1.28. The molecule has 0 saturated carbocycles. The van der Waals surface area contributed by atoms with E-state index in [1.165, 1.54) is 0 Å². The van der Waals surface area contributed by atoms with E-state index in [-0.39, 0.29) is 0 Å². The van der Waals surface area contributed by atoms with Crippen molar-refractivity contribution in [3.8, 4) is 0 Å². The maximum absolute atomic E-state index is 4.88. The van der Waals surface area contributed by atoms with E-state index in [0.717, 1.165) is 6.54 Å². The van der Waals surface area contributed by atoms with Crippen LogP contribution in [0.15, 0.2) is 23.0 Å². The lowest BCUT2D eigenvalue weighted by Gasteiger charge is -2.11. The molecule has 1 atom stereocenters. The fourth-order valence-corrected chi connectivity index (χ4v) is 1.43. The van der Waals surface area contributed by atoms with E-state index >= 15 is 0 Å².